The maximum absolute atomic E-state index is 13.9. The van der Waals surface area contributed by atoms with Crippen molar-refractivity contribution in [3.63, 3.8) is 0 Å². The number of Topliss-reactive ketones (excluding diaryl/α,β-unsaturated/α-hetero) is 1. The minimum atomic E-state index is -1.66. The zero-order valence-corrected chi connectivity index (χ0v) is 22.8. The fourth-order valence-corrected chi connectivity index (χ4v) is 8.44. The van der Waals surface area contributed by atoms with Crippen LogP contribution in [0, 0.1) is 40.4 Å². The number of alkyl halides is 1. The molecule has 8 heteroatoms. The van der Waals surface area contributed by atoms with Crippen molar-refractivity contribution >= 4 is 35.1 Å². The van der Waals surface area contributed by atoms with Crippen molar-refractivity contribution in [1.29, 1.82) is 0 Å². The fourth-order valence-electron chi connectivity index (χ4n) is 7.93. The predicted molar refractivity (Wildman–Crippen MR) is 136 cm³/mol. The van der Waals surface area contributed by atoms with Gasteiger partial charge in [0.05, 0.1) is 11.0 Å². The second-order valence-corrected chi connectivity index (χ2v) is 12.0. The highest BCUT2D eigenvalue weighted by Crippen LogP contribution is 2.71. The molecule has 1 N–H and O–H groups in total. The molecule has 0 aliphatic heterocycles. The van der Waals surface area contributed by atoms with Crippen molar-refractivity contribution in [2.45, 2.75) is 83.3 Å². The molecule has 7 nitrogen and oxygen atoms in total. The highest BCUT2D eigenvalue weighted by atomic mass is 35.5. The summed E-state index contributed by atoms with van der Waals surface area (Å²) in [6.45, 7) is 8.28. The molecule has 0 spiro atoms. The molecule has 4 aliphatic carbocycles. The average Bonchev–Trinajstić information content (AvgIpc) is 3.05. The van der Waals surface area contributed by atoms with Crippen LogP contribution >= 0.6 is 11.6 Å². The largest absolute Gasteiger partial charge is 0.457 e. The zero-order valence-electron chi connectivity index (χ0n) is 22.1. The van der Waals surface area contributed by atoms with Gasteiger partial charge in [0.2, 0.25) is 5.78 Å². The Hall–Kier alpha value is -2.43. The molecule has 4 rings (SSSR count). The quantitative estimate of drug-likeness (QED) is 0.190. The lowest BCUT2D eigenvalue weighted by molar-refractivity contribution is -0.199. The van der Waals surface area contributed by atoms with Gasteiger partial charge in [-0.1, -0.05) is 51.3 Å². The molecule has 0 aromatic rings. The predicted octanol–water partition coefficient (Wildman–Crippen LogP) is 3.70. The zero-order chi connectivity index (χ0) is 27.4. The first-order chi connectivity index (χ1) is 17.3. The lowest BCUT2D eigenvalue weighted by atomic mass is 9.46. The van der Waals surface area contributed by atoms with Crippen molar-refractivity contribution in [2.75, 3.05) is 6.61 Å². The van der Waals surface area contributed by atoms with Gasteiger partial charge in [0.15, 0.2) is 18.0 Å². The summed E-state index contributed by atoms with van der Waals surface area (Å²) in [5.74, 6) is 2.11. The first-order valence-corrected chi connectivity index (χ1v) is 13.3. The third kappa shape index (κ3) is 3.74. The number of carbonyl (C=O) groups excluding carboxylic acids is 4. The first kappa shape index (κ1) is 27.6. The number of halogens is 1. The fraction of sp³-hybridized carbons (Fsp3) is 0.655. The Morgan fingerprint density at radius 3 is 2.59 bits per heavy atom. The Labute approximate surface area is 223 Å². The van der Waals surface area contributed by atoms with Crippen LogP contribution in [0.5, 0.6) is 0 Å². The molecule has 37 heavy (non-hydrogen) atoms. The lowest BCUT2D eigenvalue weighted by Gasteiger charge is -2.63. The molecule has 3 unspecified atom stereocenters. The van der Waals surface area contributed by atoms with Crippen LogP contribution in [0.25, 0.3) is 0 Å². The van der Waals surface area contributed by atoms with Crippen LogP contribution in [-0.2, 0) is 28.7 Å². The number of ketones is 2. The Balaban J connectivity index is 1.82. The summed E-state index contributed by atoms with van der Waals surface area (Å²) in [4.78, 5) is 49.6. The van der Waals surface area contributed by atoms with Gasteiger partial charge in [0, 0.05) is 35.5 Å². The molecule has 0 radical (unpaired) electrons. The lowest BCUT2D eigenvalue weighted by Crippen LogP contribution is -2.69. The maximum atomic E-state index is 13.9. The van der Waals surface area contributed by atoms with E-state index in [0.29, 0.717) is 12.8 Å². The molecular weight excluding hydrogens is 496 g/mol. The van der Waals surface area contributed by atoms with E-state index in [-0.39, 0.29) is 36.9 Å². The van der Waals surface area contributed by atoms with Gasteiger partial charge >= 0.3 is 11.9 Å². The normalized spacial score (nSPS) is 41.8. The summed E-state index contributed by atoms with van der Waals surface area (Å²) in [5.41, 5.74) is -2.50. The topological polar surface area (TPSA) is 107 Å². The molecule has 2 saturated carbocycles. The Bertz CT molecular complexity index is 1160. The van der Waals surface area contributed by atoms with Gasteiger partial charge < -0.3 is 14.6 Å². The van der Waals surface area contributed by atoms with E-state index < -0.39 is 57.7 Å². The summed E-state index contributed by atoms with van der Waals surface area (Å²) in [7, 11) is 0. The number of allylic oxidation sites excluding steroid dienone is 4. The van der Waals surface area contributed by atoms with E-state index in [4.69, 9.17) is 21.1 Å². The summed E-state index contributed by atoms with van der Waals surface area (Å²) in [5, 5.41) is 11.8. The summed E-state index contributed by atoms with van der Waals surface area (Å²) in [6, 6.07) is 0. The Kier molecular flexibility index (Phi) is 7.01. The van der Waals surface area contributed by atoms with E-state index in [1.165, 1.54) is 6.92 Å². The van der Waals surface area contributed by atoms with Gasteiger partial charge in [-0.05, 0) is 44.1 Å². The van der Waals surface area contributed by atoms with Gasteiger partial charge in [-0.25, -0.2) is 4.79 Å². The van der Waals surface area contributed by atoms with E-state index in [1.807, 2.05) is 26.8 Å². The molecule has 0 amide bonds. The van der Waals surface area contributed by atoms with Crippen LogP contribution < -0.4 is 0 Å². The second-order valence-electron chi connectivity index (χ2n) is 11.3. The number of hydrogen-bond donors (Lipinski definition) is 1. The van der Waals surface area contributed by atoms with Crippen molar-refractivity contribution in [2.24, 2.45) is 28.6 Å². The van der Waals surface area contributed by atoms with E-state index in [1.54, 1.807) is 13.0 Å². The molecule has 0 aromatic heterocycles. The third-order valence-corrected chi connectivity index (χ3v) is 10.6. The molecule has 4 aliphatic rings. The van der Waals surface area contributed by atoms with Crippen molar-refractivity contribution < 1.29 is 33.8 Å². The monoisotopic (exact) mass is 530 g/mol. The van der Waals surface area contributed by atoms with Crippen molar-refractivity contribution in [3.05, 3.63) is 23.8 Å². The minimum absolute atomic E-state index is 0.00209. The minimum Gasteiger partial charge on any atom is -0.457 e. The molecular formula is C29H35ClO7. The van der Waals surface area contributed by atoms with Crippen LogP contribution in [-0.4, -0.2) is 51.8 Å². The van der Waals surface area contributed by atoms with Gasteiger partial charge in [-0.15, -0.1) is 11.6 Å². The third-order valence-electron chi connectivity index (χ3n) is 9.69. The SMILES string of the molecule is CC#CC(=O)O[C@]1(C(=O)COC(=O)CC)[C@@H](C)C[C@H]2C3CC=C4CC(=O)C=CC4(C)[C@@]3(Cl)[C@@H](O)CC21C. The number of rotatable bonds is 5. The number of aliphatic hydroxyl groups excluding tert-OH is 1. The van der Waals surface area contributed by atoms with Crippen LogP contribution in [0.15, 0.2) is 23.8 Å². The van der Waals surface area contributed by atoms with Crippen LogP contribution in [0.3, 0.4) is 0 Å². The molecule has 8 atom stereocenters. The molecule has 0 aromatic carbocycles. The standard InChI is InChI=1S/C29H35ClO7/c1-6-8-25(35)37-29(23(33)16-36-24(34)7-2)17(3)13-21-20-10-9-18-14-19(31)11-12-26(18,4)28(20,30)22(32)15-27(21,29)5/h9,11-12,17,20-22,32H,7,10,13-16H2,1-5H3/t17-,20?,21-,22-,26?,27?,28-,29-/m0/s1. The summed E-state index contributed by atoms with van der Waals surface area (Å²) < 4.78 is 11.2. The van der Waals surface area contributed by atoms with Crippen LogP contribution in [0.1, 0.15) is 66.7 Å². The average molecular weight is 531 g/mol. The van der Waals surface area contributed by atoms with Gasteiger partial charge in [-0.3, -0.25) is 14.4 Å². The number of carbonyl (C=O) groups is 4. The Morgan fingerprint density at radius 2 is 1.95 bits per heavy atom. The number of hydrogen-bond acceptors (Lipinski definition) is 7. The van der Waals surface area contributed by atoms with E-state index in [2.05, 4.69) is 17.9 Å². The van der Waals surface area contributed by atoms with E-state index in [9.17, 15) is 24.3 Å². The summed E-state index contributed by atoms with van der Waals surface area (Å²) in [6.07, 6.45) is 5.84. The Morgan fingerprint density at radius 1 is 1.24 bits per heavy atom. The molecule has 0 bridgehead atoms. The number of fused-ring (bicyclic) bond motifs is 5. The number of esters is 2. The van der Waals surface area contributed by atoms with Gasteiger partial charge in [0.1, 0.15) is 0 Å². The second kappa shape index (κ2) is 9.39. The van der Waals surface area contributed by atoms with Crippen molar-refractivity contribution in [1.82, 2.24) is 0 Å². The molecule has 200 valence electrons. The molecule has 0 saturated heterocycles. The maximum Gasteiger partial charge on any atom is 0.385 e. The first-order valence-electron chi connectivity index (χ1n) is 12.9. The van der Waals surface area contributed by atoms with Gasteiger partial charge in [-0.2, -0.15) is 0 Å². The van der Waals surface area contributed by atoms with E-state index >= 15 is 0 Å². The van der Waals surface area contributed by atoms with Crippen LogP contribution in [0.2, 0.25) is 0 Å². The number of aliphatic hydroxyl groups is 1. The number of ether oxygens (including phenoxy) is 2. The highest BCUT2D eigenvalue weighted by molar-refractivity contribution is 6.26. The highest BCUT2D eigenvalue weighted by Gasteiger charge is 2.76. The smallest absolute Gasteiger partial charge is 0.385 e. The van der Waals surface area contributed by atoms with Crippen molar-refractivity contribution in [3.8, 4) is 11.8 Å². The molecule has 0 heterocycles. The van der Waals surface area contributed by atoms with E-state index in [0.717, 1.165) is 5.57 Å². The van der Waals surface area contributed by atoms with Gasteiger partial charge in [0.25, 0.3) is 0 Å². The van der Waals surface area contributed by atoms with Crippen LogP contribution in [0.4, 0.5) is 0 Å². The summed E-state index contributed by atoms with van der Waals surface area (Å²) >= 11 is 7.48. The molecule has 2 fully saturated rings.